The van der Waals surface area contributed by atoms with Crippen molar-refractivity contribution in [2.24, 2.45) is 5.73 Å². The lowest BCUT2D eigenvalue weighted by molar-refractivity contribution is 0.100. The summed E-state index contributed by atoms with van der Waals surface area (Å²) in [5.41, 5.74) is 13.1. The summed E-state index contributed by atoms with van der Waals surface area (Å²) < 4.78 is 5.54. The molecule has 20 heavy (non-hydrogen) atoms. The number of amides is 1. The molecule has 1 amide bonds. The topological polar surface area (TPSA) is 85.5 Å². The van der Waals surface area contributed by atoms with Crippen molar-refractivity contribution in [3.8, 4) is 0 Å². The van der Waals surface area contributed by atoms with Crippen LogP contribution in [0, 0.1) is 6.92 Å². The number of furan rings is 1. The standard InChI is InChI=1S/C15H19N3O2/c1-10-3-6-13(20-10)9-18(2)8-12-5-4-11(15(17)19)7-14(12)16/h3-7H,8-9,16H2,1-2H3,(H2,17,19). The molecule has 5 heteroatoms. The van der Waals surface area contributed by atoms with Crippen molar-refractivity contribution in [2.45, 2.75) is 20.0 Å². The molecule has 1 aromatic heterocycles. The maximum Gasteiger partial charge on any atom is 0.248 e. The number of rotatable bonds is 5. The number of hydrogen-bond donors (Lipinski definition) is 2. The Morgan fingerprint density at radius 1 is 1.25 bits per heavy atom. The molecule has 0 fully saturated rings. The summed E-state index contributed by atoms with van der Waals surface area (Å²) in [6.45, 7) is 3.29. The van der Waals surface area contributed by atoms with Crippen molar-refractivity contribution in [1.29, 1.82) is 0 Å². The molecule has 0 aliphatic rings. The number of nitrogens with two attached hydrogens (primary N) is 2. The van der Waals surface area contributed by atoms with Gasteiger partial charge in [-0.1, -0.05) is 6.07 Å². The zero-order chi connectivity index (χ0) is 14.7. The van der Waals surface area contributed by atoms with Crippen molar-refractivity contribution >= 4 is 11.6 Å². The minimum Gasteiger partial charge on any atom is -0.465 e. The molecule has 4 N–H and O–H groups in total. The third kappa shape index (κ3) is 3.39. The van der Waals surface area contributed by atoms with Crippen molar-refractivity contribution in [3.63, 3.8) is 0 Å². The highest BCUT2D eigenvalue weighted by atomic mass is 16.3. The minimum absolute atomic E-state index is 0.426. The summed E-state index contributed by atoms with van der Waals surface area (Å²) in [5, 5.41) is 0. The molecule has 106 valence electrons. The van der Waals surface area contributed by atoms with Crippen molar-refractivity contribution in [2.75, 3.05) is 12.8 Å². The van der Waals surface area contributed by atoms with E-state index >= 15 is 0 Å². The molecule has 0 unspecified atom stereocenters. The highest BCUT2D eigenvalue weighted by Gasteiger charge is 2.09. The van der Waals surface area contributed by atoms with E-state index in [0.29, 0.717) is 24.3 Å². The molecule has 0 spiro atoms. The second-order valence-corrected chi connectivity index (χ2v) is 4.96. The third-order valence-electron chi connectivity index (χ3n) is 3.09. The lowest BCUT2D eigenvalue weighted by Crippen LogP contribution is -2.18. The van der Waals surface area contributed by atoms with Gasteiger partial charge in [-0.05, 0) is 43.8 Å². The van der Waals surface area contributed by atoms with Gasteiger partial charge in [0, 0.05) is 17.8 Å². The van der Waals surface area contributed by atoms with Gasteiger partial charge in [-0.25, -0.2) is 0 Å². The predicted molar refractivity (Wildman–Crippen MR) is 78.0 cm³/mol. The van der Waals surface area contributed by atoms with Gasteiger partial charge in [-0.3, -0.25) is 9.69 Å². The summed E-state index contributed by atoms with van der Waals surface area (Å²) in [5.74, 6) is 1.35. The molecule has 1 aromatic carbocycles. The summed E-state index contributed by atoms with van der Waals surface area (Å²) >= 11 is 0. The van der Waals surface area contributed by atoms with Gasteiger partial charge in [0.1, 0.15) is 11.5 Å². The number of primary amides is 1. The predicted octanol–water partition coefficient (Wildman–Crippen LogP) is 1.90. The van der Waals surface area contributed by atoms with E-state index in [2.05, 4.69) is 4.90 Å². The molecular formula is C15H19N3O2. The lowest BCUT2D eigenvalue weighted by Gasteiger charge is -2.16. The van der Waals surface area contributed by atoms with Gasteiger partial charge in [-0.15, -0.1) is 0 Å². The third-order valence-corrected chi connectivity index (χ3v) is 3.09. The summed E-state index contributed by atoms with van der Waals surface area (Å²) in [7, 11) is 1.99. The average molecular weight is 273 g/mol. The van der Waals surface area contributed by atoms with Crippen LogP contribution in [0.5, 0.6) is 0 Å². The molecule has 1 heterocycles. The maximum absolute atomic E-state index is 11.1. The molecular weight excluding hydrogens is 254 g/mol. The zero-order valence-electron chi connectivity index (χ0n) is 11.7. The van der Waals surface area contributed by atoms with Crippen LogP contribution in [-0.4, -0.2) is 17.9 Å². The maximum atomic E-state index is 11.1. The number of nitrogen functional groups attached to an aromatic ring is 1. The monoisotopic (exact) mass is 273 g/mol. The Morgan fingerprint density at radius 2 is 2.00 bits per heavy atom. The Morgan fingerprint density at radius 3 is 2.55 bits per heavy atom. The number of nitrogens with zero attached hydrogens (tertiary/aromatic N) is 1. The summed E-state index contributed by atoms with van der Waals surface area (Å²) in [4.78, 5) is 13.2. The molecule has 2 aromatic rings. The van der Waals surface area contributed by atoms with Crippen LogP contribution in [0.4, 0.5) is 5.69 Å². The molecule has 0 aliphatic heterocycles. The Labute approximate surface area is 118 Å². The van der Waals surface area contributed by atoms with E-state index in [1.54, 1.807) is 12.1 Å². The first kappa shape index (κ1) is 14.1. The van der Waals surface area contributed by atoms with Gasteiger partial charge < -0.3 is 15.9 Å². The highest BCUT2D eigenvalue weighted by molar-refractivity contribution is 5.93. The smallest absolute Gasteiger partial charge is 0.248 e. The van der Waals surface area contributed by atoms with E-state index in [-0.39, 0.29) is 0 Å². The van der Waals surface area contributed by atoms with E-state index in [1.807, 2.05) is 32.2 Å². The highest BCUT2D eigenvalue weighted by Crippen LogP contribution is 2.17. The first-order chi connectivity index (χ1) is 9.45. The number of carbonyl (C=O) groups is 1. The quantitative estimate of drug-likeness (QED) is 0.815. The fourth-order valence-electron chi connectivity index (χ4n) is 2.08. The van der Waals surface area contributed by atoms with Gasteiger partial charge in [0.15, 0.2) is 0 Å². The largest absolute Gasteiger partial charge is 0.465 e. The van der Waals surface area contributed by atoms with Gasteiger partial charge in [0.25, 0.3) is 0 Å². The number of hydrogen-bond acceptors (Lipinski definition) is 4. The lowest BCUT2D eigenvalue weighted by atomic mass is 10.1. The van der Waals surface area contributed by atoms with E-state index in [4.69, 9.17) is 15.9 Å². The van der Waals surface area contributed by atoms with Crippen LogP contribution in [0.25, 0.3) is 0 Å². The van der Waals surface area contributed by atoms with E-state index in [1.165, 1.54) is 0 Å². The average Bonchev–Trinajstić information content (AvgIpc) is 2.77. The number of anilines is 1. The molecule has 2 rings (SSSR count). The number of carbonyl (C=O) groups excluding carboxylic acids is 1. The van der Waals surface area contributed by atoms with E-state index < -0.39 is 5.91 Å². The van der Waals surface area contributed by atoms with E-state index in [9.17, 15) is 4.79 Å². The fraction of sp³-hybridized carbons (Fsp3) is 0.267. The molecule has 0 radical (unpaired) electrons. The number of benzene rings is 1. The molecule has 5 nitrogen and oxygen atoms in total. The van der Waals surface area contributed by atoms with Gasteiger partial charge >= 0.3 is 0 Å². The second-order valence-electron chi connectivity index (χ2n) is 4.96. The van der Waals surface area contributed by atoms with Crippen LogP contribution in [-0.2, 0) is 13.1 Å². The fourth-order valence-corrected chi connectivity index (χ4v) is 2.08. The van der Waals surface area contributed by atoms with Crippen LogP contribution < -0.4 is 11.5 Å². The van der Waals surface area contributed by atoms with Crippen molar-refractivity contribution in [3.05, 3.63) is 53.0 Å². The minimum atomic E-state index is -0.470. The Kier molecular flexibility index (Phi) is 4.10. The van der Waals surface area contributed by atoms with Crippen LogP contribution in [0.15, 0.2) is 34.7 Å². The summed E-state index contributed by atoms with van der Waals surface area (Å²) in [6, 6.07) is 9.05. The number of aryl methyl sites for hydroxylation is 1. The first-order valence-corrected chi connectivity index (χ1v) is 6.38. The van der Waals surface area contributed by atoms with Gasteiger partial charge in [0.2, 0.25) is 5.91 Å². The zero-order valence-corrected chi connectivity index (χ0v) is 11.7. The summed E-state index contributed by atoms with van der Waals surface area (Å²) in [6.07, 6.45) is 0. The molecule has 0 saturated carbocycles. The van der Waals surface area contributed by atoms with Crippen LogP contribution in [0.2, 0.25) is 0 Å². The van der Waals surface area contributed by atoms with Crippen LogP contribution in [0.3, 0.4) is 0 Å². The second kappa shape index (κ2) is 5.79. The van der Waals surface area contributed by atoms with Gasteiger partial charge in [-0.2, -0.15) is 0 Å². The van der Waals surface area contributed by atoms with Gasteiger partial charge in [0.05, 0.1) is 6.54 Å². The SMILES string of the molecule is Cc1ccc(CN(C)Cc2ccc(C(N)=O)cc2N)o1. The molecule has 0 bridgehead atoms. The Balaban J connectivity index is 2.04. The molecule has 0 aliphatic carbocycles. The Bertz CT molecular complexity index is 619. The van der Waals surface area contributed by atoms with E-state index in [0.717, 1.165) is 17.1 Å². The molecule has 0 saturated heterocycles. The molecule has 0 atom stereocenters. The normalized spacial score (nSPS) is 10.9. The van der Waals surface area contributed by atoms with Crippen molar-refractivity contribution in [1.82, 2.24) is 4.90 Å². The van der Waals surface area contributed by atoms with Crippen LogP contribution in [0.1, 0.15) is 27.4 Å². The van der Waals surface area contributed by atoms with Crippen LogP contribution >= 0.6 is 0 Å². The Hall–Kier alpha value is -2.27. The van der Waals surface area contributed by atoms with Crippen molar-refractivity contribution < 1.29 is 9.21 Å². The first-order valence-electron chi connectivity index (χ1n) is 6.38.